The second-order valence-corrected chi connectivity index (χ2v) is 7.89. The van der Waals surface area contributed by atoms with Gasteiger partial charge in [-0.3, -0.25) is 0 Å². The Kier molecular flexibility index (Phi) is 5.30. The minimum absolute atomic E-state index is 0.233. The van der Waals surface area contributed by atoms with Crippen LogP contribution in [0.2, 0.25) is 0 Å². The highest BCUT2D eigenvalue weighted by atomic mass is 16.5. The van der Waals surface area contributed by atoms with Crippen molar-refractivity contribution in [2.75, 3.05) is 23.3 Å². The fraction of sp³-hybridized carbons (Fsp3) is 0.250. The van der Waals surface area contributed by atoms with Gasteiger partial charge in [0.25, 0.3) is 0 Å². The second-order valence-electron chi connectivity index (χ2n) is 7.89. The van der Waals surface area contributed by atoms with Crippen molar-refractivity contribution in [3.8, 4) is 17.8 Å². The van der Waals surface area contributed by atoms with Gasteiger partial charge in [-0.15, -0.1) is 0 Å². The zero-order chi connectivity index (χ0) is 21.9. The maximum absolute atomic E-state index is 9.00. The fourth-order valence-electron chi connectivity index (χ4n) is 3.86. The van der Waals surface area contributed by atoms with Gasteiger partial charge in [0.2, 0.25) is 5.95 Å². The first kappa shape index (κ1) is 19.8. The molecule has 0 bridgehead atoms. The third-order valence-corrected chi connectivity index (χ3v) is 5.44. The normalized spacial score (nSPS) is 13.7. The fourth-order valence-corrected chi connectivity index (χ4v) is 3.86. The van der Waals surface area contributed by atoms with Gasteiger partial charge >= 0.3 is 6.01 Å². The Balaban J connectivity index is 1.51. The molecule has 8 heteroatoms. The van der Waals surface area contributed by atoms with E-state index in [9.17, 15) is 0 Å². The summed E-state index contributed by atoms with van der Waals surface area (Å²) in [5, 5.41) is 12.3. The van der Waals surface area contributed by atoms with Gasteiger partial charge in [0.15, 0.2) is 11.5 Å². The Morgan fingerprint density at radius 3 is 2.59 bits per heavy atom. The average molecular weight is 425 g/mol. The maximum Gasteiger partial charge on any atom is 0.326 e. The smallest absolute Gasteiger partial charge is 0.326 e. The summed E-state index contributed by atoms with van der Waals surface area (Å²) in [5.74, 6) is 1.97. The second kappa shape index (κ2) is 8.55. The molecule has 0 unspecified atom stereocenters. The van der Waals surface area contributed by atoms with Crippen LogP contribution in [0.4, 0.5) is 17.5 Å². The van der Waals surface area contributed by atoms with E-state index in [4.69, 9.17) is 15.0 Å². The van der Waals surface area contributed by atoms with E-state index in [1.54, 1.807) is 24.3 Å². The number of piperidine rings is 1. The summed E-state index contributed by atoms with van der Waals surface area (Å²) >= 11 is 0. The van der Waals surface area contributed by atoms with Crippen LogP contribution in [0, 0.1) is 18.3 Å². The summed E-state index contributed by atoms with van der Waals surface area (Å²) < 4.78 is 5.93. The van der Waals surface area contributed by atoms with Gasteiger partial charge in [-0.1, -0.05) is 12.1 Å². The molecule has 2 N–H and O–H groups in total. The standard InChI is InChI=1S/C24H23N7O/c1-16-6-5-7-18(14-16)26-23-27-20-21(28-23)29-24(30-22(20)31-12-3-2-4-13-31)32-19-10-8-17(15-25)9-11-19/h5-11,14H,2-4,12-13H2,1H3,(H2,26,27,28,29,30). The molecular weight excluding hydrogens is 402 g/mol. The van der Waals surface area contributed by atoms with Crippen molar-refractivity contribution in [1.29, 1.82) is 5.26 Å². The minimum atomic E-state index is 0.233. The summed E-state index contributed by atoms with van der Waals surface area (Å²) in [6, 6.07) is 17.3. The number of hydrogen-bond donors (Lipinski definition) is 2. The van der Waals surface area contributed by atoms with Crippen LogP contribution in [0.1, 0.15) is 30.4 Å². The summed E-state index contributed by atoms with van der Waals surface area (Å²) in [6.07, 6.45) is 3.47. The van der Waals surface area contributed by atoms with Crippen molar-refractivity contribution >= 4 is 28.6 Å². The number of nitriles is 1. The van der Waals surface area contributed by atoms with Crippen LogP contribution >= 0.6 is 0 Å². The molecule has 2 aromatic carbocycles. The van der Waals surface area contributed by atoms with Gasteiger partial charge in [-0.25, -0.2) is 0 Å². The third kappa shape index (κ3) is 4.18. The number of anilines is 3. The molecule has 1 aliphatic rings. The Bertz CT molecular complexity index is 1280. The van der Waals surface area contributed by atoms with E-state index in [-0.39, 0.29) is 6.01 Å². The van der Waals surface area contributed by atoms with Crippen LogP contribution in [-0.4, -0.2) is 33.0 Å². The number of benzene rings is 2. The van der Waals surface area contributed by atoms with E-state index in [1.807, 2.05) is 12.1 Å². The lowest BCUT2D eigenvalue weighted by Gasteiger charge is -2.27. The minimum Gasteiger partial charge on any atom is -0.424 e. The van der Waals surface area contributed by atoms with Gasteiger partial charge in [0, 0.05) is 18.8 Å². The molecule has 1 aliphatic heterocycles. The summed E-state index contributed by atoms with van der Waals surface area (Å²) in [7, 11) is 0. The summed E-state index contributed by atoms with van der Waals surface area (Å²) in [4.78, 5) is 19.5. The van der Waals surface area contributed by atoms with E-state index in [2.05, 4.69) is 50.3 Å². The predicted octanol–water partition coefficient (Wildman–Crippen LogP) is 5.06. The highest BCUT2D eigenvalue weighted by molar-refractivity contribution is 5.86. The Morgan fingerprint density at radius 2 is 1.84 bits per heavy atom. The summed E-state index contributed by atoms with van der Waals surface area (Å²) in [5.41, 5.74) is 4.01. The first-order valence-corrected chi connectivity index (χ1v) is 10.7. The van der Waals surface area contributed by atoms with Crippen LogP contribution in [-0.2, 0) is 0 Å². The molecule has 0 radical (unpaired) electrons. The predicted molar refractivity (Wildman–Crippen MR) is 123 cm³/mol. The number of hydrogen-bond acceptors (Lipinski definition) is 7. The lowest BCUT2D eigenvalue weighted by molar-refractivity contribution is 0.442. The number of nitrogens with zero attached hydrogens (tertiary/aromatic N) is 5. The number of H-pyrrole nitrogens is 1. The van der Waals surface area contributed by atoms with Crippen LogP contribution in [0.3, 0.4) is 0 Å². The van der Waals surface area contributed by atoms with Crippen molar-refractivity contribution in [3.63, 3.8) is 0 Å². The lowest BCUT2D eigenvalue weighted by Crippen LogP contribution is -2.30. The van der Waals surface area contributed by atoms with Gasteiger partial charge < -0.3 is 19.9 Å². The highest BCUT2D eigenvalue weighted by Crippen LogP contribution is 2.30. The SMILES string of the molecule is Cc1cccc(Nc2nc3nc(Oc4ccc(C#N)cc4)nc(N4CCCCC4)c3[nH]2)c1. The summed E-state index contributed by atoms with van der Waals surface area (Å²) in [6.45, 7) is 3.92. The van der Waals surface area contributed by atoms with Gasteiger partial charge in [0.1, 0.15) is 11.3 Å². The number of rotatable bonds is 5. The molecule has 0 aliphatic carbocycles. The first-order chi connectivity index (χ1) is 15.7. The molecular formula is C24H23N7O. The third-order valence-electron chi connectivity index (χ3n) is 5.44. The van der Waals surface area contributed by atoms with Gasteiger partial charge in [0.05, 0.1) is 11.6 Å². The van der Waals surface area contributed by atoms with Gasteiger partial charge in [-0.05, 0) is 68.1 Å². The molecule has 32 heavy (non-hydrogen) atoms. The molecule has 3 heterocycles. The number of imidazole rings is 1. The van der Waals surface area contributed by atoms with E-state index < -0.39 is 0 Å². The molecule has 2 aromatic heterocycles. The van der Waals surface area contributed by atoms with E-state index in [0.717, 1.165) is 48.5 Å². The molecule has 8 nitrogen and oxygen atoms in total. The average Bonchev–Trinajstić information content (AvgIpc) is 3.22. The topological polar surface area (TPSA) is 103 Å². The number of fused-ring (bicyclic) bond motifs is 1. The molecule has 0 saturated carbocycles. The quantitative estimate of drug-likeness (QED) is 0.461. The lowest BCUT2D eigenvalue weighted by atomic mass is 10.1. The van der Waals surface area contributed by atoms with E-state index in [0.29, 0.717) is 22.9 Å². The van der Waals surface area contributed by atoms with E-state index in [1.165, 1.54) is 6.42 Å². The van der Waals surface area contributed by atoms with Crippen molar-refractivity contribution < 1.29 is 4.74 Å². The van der Waals surface area contributed by atoms with Crippen LogP contribution in [0.15, 0.2) is 48.5 Å². The monoisotopic (exact) mass is 425 g/mol. The highest BCUT2D eigenvalue weighted by Gasteiger charge is 2.21. The number of aromatic nitrogens is 4. The molecule has 1 saturated heterocycles. The van der Waals surface area contributed by atoms with Crippen molar-refractivity contribution in [2.24, 2.45) is 0 Å². The largest absolute Gasteiger partial charge is 0.424 e. The molecule has 0 amide bonds. The zero-order valence-corrected chi connectivity index (χ0v) is 17.8. The zero-order valence-electron chi connectivity index (χ0n) is 17.8. The number of nitrogens with one attached hydrogen (secondary N) is 2. The molecule has 4 aromatic rings. The molecule has 5 rings (SSSR count). The number of aryl methyl sites for hydroxylation is 1. The maximum atomic E-state index is 9.00. The van der Waals surface area contributed by atoms with Crippen LogP contribution < -0.4 is 15.0 Å². The molecule has 160 valence electrons. The number of ether oxygens (including phenoxy) is 1. The van der Waals surface area contributed by atoms with Crippen molar-refractivity contribution in [1.82, 2.24) is 19.9 Å². The van der Waals surface area contributed by atoms with E-state index >= 15 is 0 Å². The number of aromatic amines is 1. The first-order valence-electron chi connectivity index (χ1n) is 10.7. The van der Waals surface area contributed by atoms with Gasteiger partial charge in [-0.2, -0.15) is 20.2 Å². The Hall–Kier alpha value is -4.12. The van der Waals surface area contributed by atoms with Crippen LogP contribution in [0.5, 0.6) is 11.8 Å². The molecule has 0 spiro atoms. The molecule has 1 fully saturated rings. The van der Waals surface area contributed by atoms with Crippen molar-refractivity contribution in [3.05, 3.63) is 59.7 Å². The van der Waals surface area contributed by atoms with Crippen molar-refractivity contribution in [2.45, 2.75) is 26.2 Å². The Morgan fingerprint density at radius 1 is 1.03 bits per heavy atom. The Labute approximate surface area is 185 Å². The molecule has 0 atom stereocenters. The van der Waals surface area contributed by atoms with Crippen LogP contribution in [0.25, 0.3) is 11.2 Å².